The van der Waals surface area contributed by atoms with E-state index in [0.29, 0.717) is 17.8 Å². The monoisotopic (exact) mass is 292 g/mol. The molecule has 1 aromatic heterocycles. The van der Waals surface area contributed by atoms with Gasteiger partial charge in [-0.3, -0.25) is 4.79 Å². The predicted octanol–water partition coefficient (Wildman–Crippen LogP) is 1.69. The Hall–Kier alpha value is -1.51. The minimum Gasteiger partial charge on any atom is -0.384 e. The average Bonchev–Trinajstić information content (AvgIpc) is 2.49. The predicted molar refractivity (Wildman–Crippen MR) is 82.8 cm³/mol. The van der Waals surface area contributed by atoms with Crippen LogP contribution in [0.4, 0.5) is 0 Å². The number of nitrogens with zero attached hydrogens (tertiary/aromatic N) is 1. The molecule has 108 valence electrons. The number of pyridine rings is 1. The number of hydrogen-bond donors (Lipinski definition) is 2. The van der Waals surface area contributed by atoms with Gasteiger partial charge in [0.25, 0.3) is 5.91 Å². The number of nitrogens with one attached hydrogen (secondary N) is 1. The van der Waals surface area contributed by atoms with E-state index >= 15 is 0 Å². The van der Waals surface area contributed by atoms with Gasteiger partial charge >= 0.3 is 0 Å². The Morgan fingerprint density at radius 3 is 2.90 bits per heavy atom. The van der Waals surface area contributed by atoms with Gasteiger partial charge in [-0.25, -0.2) is 4.98 Å². The van der Waals surface area contributed by atoms with E-state index in [1.54, 1.807) is 12.1 Å². The number of amides is 1. The Morgan fingerprint density at radius 2 is 2.25 bits per heavy atom. The Morgan fingerprint density at radius 1 is 1.40 bits per heavy atom. The van der Waals surface area contributed by atoms with Gasteiger partial charge in [0.15, 0.2) is 0 Å². The third kappa shape index (κ3) is 6.60. The number of thioether (sulfide) groups is 1. The van der Waals surface area contributed by atoms with Crippen molar-refractivity contribution in [2.45, 2.75) is 19.3 Å². The van der Waals surface area contributed by atoms with Crippen molar-refractivity contribution in [2.75, 3.05) is 25.2 Å². The molecule has 20 heavy (non-hydrogen) atoms. The highest BCUT2D eigenvalue weighted by Gasteiger charge is 2.05. The second-order valence-corrected chi connectivity index (χ2v) is 5.19. The number of aromatic nitrogens is 1. The molecule has 0 aliphatic rings. The molecule has 4 nitrogen and oxygen atoms in total. The van der Waals surface area contributed by atoms with Gasteiger partial charge in [0.2, 0.25) is 0 Å². The van der Waals surface area contributed by atoms with E-state index < -0.39 is 0 Å². The largest absolute Gasteiger partial charge is 0.384 e. The molecule has 1 amide bonds. The van der Waals surface area contributed by atoms with E-state index in [-0.39, 0.29) is 12.5 Å². The SMILES string of the molecule is CSCCCCCNC(=O)c1ccc(C#CCO)cn1. The van der Waals surface area contributed by atoms with Gasteiger partial charge in [-0.05, 0) is 37.0 Å². The van der Waals surface area contributed by atoms with Gasteiger partial charge in [0.1, 0.15) is 12.3 Å². The molecule has 0 bridgehead atoms. The van der Waals surface area contributed by atoms with Crippen molar-refractivity contribution in [3.8, 4) is 11.8 Å². The molecule has 0 radical (unpaired) electrons. The highest BCUT2D eigenvalue weighted by Crippen LogP contribution is 2.02. The van der Waals surface area contributed by atoms with Crippen LogP contribution in [0.25, 0.3) is 0 Å². The van der Waals surface area contributed by atoms with Crippen LogP contribution >= 0.6 is 11.8 Å². The van der Waals surface area contributed by atoms with Crippen LogP contribution in [-0.4, -0.2) is 41.2 Å². The van der Waals surface area contributed by atoms with Crippen molar-refractivity contribution in [3.63, 3.8) is 0 Å². The van der Waals surface area contributed by atoms with Gasteiger partial charge in [0, 0.05) is 18.3 Å². The maximum Gasteiger partial charge on any atom is 0.269 e. The molecular weight excluding hydrogens is 272 g/mol. The van der Waals surface area contributed by atoms with Crippen molar-refractivity contribution >= 4 is 17.7 Å². The van der Waals surface area contributed by atoms with E-state index in [4.69, 9.17) is 5.11 Å². The summed E-state index contributed by atoms with van der Waals surface area (Å²) in [5.74, 6) is 6.29. The van der Waals surface area contributed by atoms with Gasteiger partial charge in [0.05, 0.1) is 0 Å². The van der Waals surface area contributed by atoms with Crippen molar-refractivity contribution in [1.29, 1.82) is 0 Å². The van der Waals surface area contributed by atoms with Crippen LogP contribution < -0.4 is 5.32 Å². The molecular formula is C15H20N2O2S. The normalized spacial score (nSPS) is 9.70. The van der Waals surface area contributed by atoms with Crippen molar-refractivity contribution < 1.29 is 9.90 Å². The quantitative estimate of drug-likeness (QED) is 0.593. The Bertz CT molecular complexity index is 463. The van der Waals surface area contributed by atoms with Gasteiger partial charge in [-0.2, -0.15) is 11.8 Å². The molecule has 0 saturated heterocycles. The van der Waals surface area contributed by atoms with E-state index in [1.807, 2.05) is 11.8 Å². The summed E-state index contributed by atoms with van der Waals surface area (Å²) in [4.78, 5) is 15.9. The van der Waals surface area contributed by atoms with Crippen molar-refractivity contribution in [1.82, 2.24) is 10.3 Å². The van der Waals surface area contributed by atoms with E-state index in [1.165, 1.54) is 18.4 Å². The number of carbonyl (C=O) groups is 1. The number of aliphatic hydroxyl groups excluding tert-OH is 1. The van der Waals surface area contributed by atoms with E-state index in [9.17, 15) is 4.79 Å². The molecule has 1 heterocycles. The van der Waals surface area contributed by atoms with E-state index in [0.717, 1.165) is 12.8 Å². The van der Waals surface area contributed by atoms with Crippen LogP contribution in [0, 0.1) is 11.8 Å². The lowest BCUT2D eigenvalue weighted by Crippen LogP contribution is -2.25. The summed E-state index contributed by atoms with van der Waals surface area (Å²) in [5.41, 5.74) is 1.08. The second kappa shape index (κ2) is 10.3. The van der Waals surface area contributed by atoms with Crippen LogP contribution in [0.15, 0.2) is 18.3 Å². The first kappa shape index (κ1) is 16.5. The fraction of sp³-hybridized carbons (Fsp3) is 0.467. The van der Waals surface area contributed by atoms with Crippen LogP contribution in [-0.2, 0) is 0 Å². The summed E-state index contributed by atoms with van der Waals surface area (Å²) in [6.07, 6.45) is 6.95. The van der Waals surface area contributed by atoms with Crippen LogP contribution in [0.3, 0.4) is 0 Å². The maximum atomic E-state index is 11.8. The molecule has 0 saturated carbocycles. The molecule has 0 aliphatic carbocycles. The standard InChI is InChI=1S/C15H20N2O2S/c1-20-11-4-2-3-9-16-15(19)14-8-7-13(12-17-14)6-5-10-18/h7-8,12,18H,2-4,9-11H2,1H3,(H,16,19). The number of rotatable bonds is 7. The summed E-state index contributed by atoms with van der Waals surface area (Å²) in [7, 11) is 0. The summed E-state index contributed by atoms with van der Waals surface area (Å²) in [6.45, 7) is 0.500. The van der Waals surface area contributed by atoms with Crippen molar-refractivity contribution in [2.24, 2.45) is 0 Å². The summed E-state index contributed by atoms with van der Waals surface area (Å²) in [5, 5.41) is 11.4. The summed E-state index contributed by atoms with van der Waals surface area (Å²) in [6, 6.07) is 3.37. The lowest BCUT2D eigenvalue weighted by molar-refractivity contribution is 0.0948. The van der Waals surface area contributed by atoms with Gasteiger partial charge < -0.3 is 10.4 Å². The summed E-state index contributed by atoms with van der Waals surface area (Å²) >= 11 is 1.85. The molecule has 0 fully saturated rings. The first-order chi connectivity index (χ1) is 9.77. The van der Waals surface area contributed by atoms with Gasteiger partial charge in [-0.1, -0.05) is 18.3 Å². The first-order valence-electron chi connectivity index (χ1n) is 6.61. The highest BCUT2D eigenvalue weighted by molar-refractivity contribution is 7.98. The Balaban J connectivity index is 2.32. The molecule has 2 N–H and O–H groups in total. The molecule has 0 unspecified atom stereocenters. The lowest BCUT2D eigenvalue weighted by atomic mass is 10.2. The number of hydrogen-bond acceptors (Lipinski definition) is 4. The third-order valence-corrected chi connectivity index (χ3v) is 3.32. The topological polar surface area (TPSA) is 62.2 Å². The summed E-state index contributed by atoms with van der Waals surface area (Å²) < 4.78 is 0. The average molecular weight is 292 g/mol. The molecule has 0 aromatic carbocycles. The van der Waals surface area contributed by atoms with Crippen LogP contribution in [0.1, 0.15) is 35.3 Å². The molecule has 0 atom stereocenters. The zero-order valence-electron chi connectivity index (χ0n) is 11.7. The Labute approximate surface area is 124 Å². The minimum atomic E-state index is -0.182. The fourth-order valence-electron chi connectivity index (χ4n) is 1.58. The zero-order valence-corrected chi connectivity index (χ0v) is 12.5. The Kier molecular flexibility index (Phi) is 8.52. The van der Waals surface area contributed by atoms with Crippen molar-refractivity contribution in [3.05, 3.63) is 29.6 Å². The molecule has 1 aromatic rings. The smallest absolute Gasteiger partial charge is 0.269 e. The first-order valence-corrected chi connectivity index (χ1v) is 8.00. The maximum absolute atomic E-state index is 11.8. The minimum absolute atomic E-state index is 0.156. The molecule has 0 spiro atoms. The number of carbonyl (C=O) groups excluding carboxylic acids is 1. The van der Waals surface area contributed by atoms with E-state index in [2.05, 4.69) is 28.4 Å². The highest BCUT2D eigenvalue weighted by atomic mass is 32.2. The zero-order chi connectivity index (χ0) is 14.6. The number of unbranched alkanes of at least 4 members (excludes halogenated alkanes) is 2. The third-order valence-electron chi connectivity index (χ3n) is 2.62. The molecule has 1 rings (SSSR count). The van der Waals surface area contributed by atoms with Crippen LogP contribution in [0.5, 0.6) is 0 Å². The molecule has 0 aliphatic heterocycles. The lowest BCUT2D eigenvalue weighted by Gasteiger charge is -2.04. The fourth-order valence-corrected chi connectivity index (χ4v) is 2.08. The molecule has 5 heteroatoms. The van der Waals surface area contributed by atoms with Crippen LogP contribution in [0.2, 0.25) is 0 Å². The van der Waals surface area contributed by atoms with Gasteiger partial charge in [-0.15, -0.1) is 0 Å². The second-order valence-electron chi connectivity index (χ2n) is 4.20. The number of aliphatic hydroxyl groups is 1.